The van der Waals surface area contributed by atoms with E-state index in [0.717, 1.165) is 11.1 Å². The lowest BCUT2D eigenvalue weighted by Gasteiger charge is -2.09. The number of carbonyl (C=O) groups excluding carboxylic acids is 1. The van der Waals surface area contributed by atoms with Gasteiger partial charge in [-0.3, -0.25) is 9.78 Å². The fourth-order valence-corrected chi connectivity index (χ4v) is 3.83. The molecule has 7 nitrogen and oxygen atoms in total. The van der Waals surface area contributed by atoms with Crippen LogP contribution in [0, 0.1) is 0 Å². The molecule has 8 heteroatoms. The fourth-order valence-electron chi connectivity index (χ4n) is 2.87. The van der Waals surface area contributed by atoms with E-state index in [-0.39, 0.29) is 11.0 Å². The van der Waals surface area contributed by atoms with Gasteiger partial charge in [0.1, 0.15) is 0 Å². The van der Waals surface area contributed by atoms with Crippen molar-refractivity contribution in [1.82, 2.24) is 15.2 Å². The van der Waals surface area contributed by atoms with Crippen LogP contribution in [0.25, 0.3) is 11.5 Å². The maximum Gasteiger partial charge on any atom is 0.277 e. The average molecular weight is 369 g/mol. The van der Waals surface area contributed by atoms with E-state index in [9.17, 15) is 4.79 Å². The van der Waals surface area contributed by atoms with Crippen molar-refractivity contribution in [3.8, 4) is 23.0 Å². The molecule has 3 aromatic rings. The molecule has 1 aliphatic rings. The molecule has 0 spiro atoms. The molecule has 0 fully saturated rings. The summed E-state index contributed by atoms with van der Waals surface area (Å²) in [6, 6.07) is 7.16. The number of benzene rings is 1. The molecule has 1 unspecified atom stereocenters. The summed E-state index contributed by atoms with van der Waals surface area (Å²) >= 11 is 1.27. The van der Waals surface area contributed by atoms with Gasteiger partial charge < -0.3 is 13.9 Å². The average Bonchev–Trinajstić information content (AvgIpc) is 3.27. The normalized spacial score (nSPS) is 15.8. The topological polar surface area (TPSA) is 87.3 Å². The molecule has 132 valence electrons. The van der Waals surface area contributed by atoms with Gasteiger partial charge in [0.2, 0.25) is 5.89 Å². The molecule has 0 amide bonds. The van der Waals surface area contributed by atoms with E-state index < -0.39 is 0 Å². The number of rotatable bonds is 5. The zero-order chi connectivity index (χ0) is 18.1. The highest BCUT2D eigenvalue weighted by Gasteiger charge is 2.34. The third kappa shape index (κ3) is 2.92. The predicted octanol–water partition coefficient (Wildman–Crippen LogP) is 3.05. The van der Waals surface area contributed by atoms with E-state index in [1.165, 1.54) is 11.8 Å². The molecule has 0 saturated heterocycles. The van der Waals surface area contributed by atoms with E-state index in [1.807, 2.05) is 6.07 Å². The first-order valence-electron chi connectivity index (χ1n) is 7.89. The Labute approximate surface area is 153 Å². The Kier molecular flexibility index (Phi) is 4.34. The molecule has 2 heterocycles. The lowest BCUT2D eigenvalue weighted by molar-refractivity contribution is 0.0999. The van der Waals surface area contributed by atoms with Gasteiger partial charge in [-0.05, 0) is 36.2 Å². The molecule has 2 aromatic heterocycles. The van der Waals surface area contributed by atoms with E-state index in [4.69, 9.17) is 13.9 Å². The summed E-state index contributed by atoms with van der Waals surface area (Å²) in [5.41, 5.74) is 2.36. The van der Waals surface area contributed by atoms with Crippen LogP contribution in [0.4, 0.5) is 0 Å². The summed E-state index contributed by atoms with van der Waals surface area (Å²) in [6.07, 6.45) is 3.89. The Bertz CT molecular complexity index is 958. The first-order valence-corrected chi connectivity index (χ1v) is 8.77. The minimum atomic E-state index is -0.312. The van der Waals surface area contributed by atoms with Crippen molar-refractivity contribution in [1.29, 1.82) is 0 Å². The fraction of sp³-hybridized carbons (Fsp3) is 0.222. The van der Waals surface area contributed by atoms with Crippen molar-refractivity contribution >= 4 is 17.5 Å². The second-order valence-electron chi connectivity index (χ2n) is 5.65. The third-order valence-corrected chi connectivity index (χ3v) is 5.18. The van der Waals surface area contributed by atoms with Crippen LogP contribution in [0.5, 0.6) is 11.5 Å². The Hall–Kier alpha value is -2.87. The zero-order valence-electron chi connectivity index (χ0n) is 14.1. The van der Waals surface area contributed by atoms with Gasteiger partial charge in [0, 0.05) is 23.5 Å². The van der Waals surface area contributed by atoms with Crippen LogP contribution in [0.1, 0.15) is 15.9 Å². The van der Waals surface area contributed by atoms with Crippen LogP contribution in [0.2, 0.25) is 0 Å². The summed E-state index contributed by atoms with van der Waals surface area (Å²) in [4.78, 5) is 16.7. The van der Waals surface area contributed by atoms with Crippen LogP contribution < -0.4 is 9.47 Å². The number of thioether (sulfide) groups is 1. The molecular weight excluding hydrogens is 354 g/mol. The number of methoxy groups -OCH3 is 2. The minimum absolute atomic E-state index is 0.0228. The van der Waals surface area contributed by atoms with Gasteiger partial charge in [-0.1, -0.05) is 11.8 Å². The van der Waals surface area contributed by atoms with Crippen LogP contribution in [-0.2, 0) is 6.42 Å². The van der Waals surface area contributed by atoms with E-state index in [1.54, 1.807) is 44.8 Å². The number of hydrogen-bond donors (Lipinski definition) is 0. The lowest BCUT2D eigenvalue weighted by atomic mass is 10.1. The van der Waals surface area contributed by atoms with E-state index in [2.05, 4.69) is 15.2 Å². The number of Topliss-reactive ketones (excluding diaryl/α,β-unsaturated/α-hetero) is 1. The number of ether oxygens (including phenoxy) is 2. The summed E-state index contributed by atoms with van der Waals surface area (Å²) < 4.78 is 16.3. The highest BCUT2D eigenvalue weighted by molar-refractivity contribution is 8.00. The SMILES string of the molecule is COc1cc2c(cc1OC)C(=O)C(Sc1nnc(-c3ccncc3)o1)C2. The van der Waals surface area contributed by atoms with Crippen molar-refractivity contribution in [2.24, 2.45) is 0 Å². The summed E-state index contributed by atoms with van der Waals surface area (Å²) in [5, 5.41) is 8.14. The molecule has 0 bridgehead atoms. The van der Waals surface area contributed by atoms with Gasteiger partial charge in [0.15, 0.2) is 17.3 Å². The maximum absolute atomic E-state index is 12.7. The number of ketones is 1. The van der Waals surface area contributed by atoms with Gasteiger partial charge in [-0.2, -0.15) is 0 Å². The van der Waals surface area contributed by atoms with E-state index >= 15 is 0 Å². The van der Waals surface area contributed by atoms with Gasteiger partial charge in [0.05, 0.1) is 19.5 Å². The zero-order valence-corrected chi connectivity index (χ0v) is 14.9. The Morgan fingerprint density at radius 3 is 2.58 bits per heavy atom. The van der Waals surface area contributed by atoms with Crippen molar-refractivity contribution in [2.75, 3.05) is 14.2 Å². The second kappa shape index (κ2) is 6.80. The van der Waals surface area contributed by atoms with Crippen LogP contribution >= 0.6 is 11.8 Å². The molecule has 4 rings (SSSR count). The number of pyridine rings is 1. The molecule has 26 heavy (non-hydrogen) atoms. The molecule has 1 atom stereocenters. The minimum Gasteiger partial charge on any atom is -0.493 e. The van der Waals surface area contributed by atoms with Crippen LogP contribution in [0.3, 0.4) is 0 Å². The lowest BCUT2D eigenvalue weighted by Crippen LogP contribution is -2.11. The standard InChI is InChI=1S/C18H15N3O4S/c1-23-13-7-11-8-15(16(22)12(11)9-14(13)24-2)26-18-21-20-17(25-18)10-3-5-19-6-4-10/h3-7,9,15H,8H2,1-2H3. The molecule has 0 saturated carbocycles. The smallest absolute Gasteiger partial charge is 0.277 e. The van der Waals surface area contributed by atoms with Crippen molar-refractivity contribution in [3.63, 3.8) is 0 Å². The molecule has 0 N–H and O–H groups in total. The first kappa shape index (κ1) is 16.6. The van der Waals surface area contributed by atoms with Crippen LogP contribution in [-0.4, -0.2) is 40.4 Å². The van der Waals surface area contributed by atoms with Crippen molar-refractivity contribution in [3.05, 3.63) is 47.8 Å². The van der Waals surface area contributed by atoms with Crippen LogP contribution in [0.15, 0.2) is 46.3 Å². The molecular formula is C18H15N3O4S. The highest BCUT2D eigenvalue weighted by Crippen LogP contribution is 2.39. The summed E-state index contributed by atoms with van der Waals surface area (Å²) in [6.45, 7) is 0. The Morgan fingerprint density at radius 1 is 1.12 bits per heavy atom. The first-order chi connectivity index (χ1) is 12.7. The Balaban J connectivity index is 1.55. The van der Waals surface area contributed by atoms with Gasteiger partial charge in [-0.25, -0.2) is 0 Å². The quantitative estimate of drug-likeness (QED) is 0.678. The summed E-state index contributed by atoms with van der Waals surface area (Å²) in [5.74, 6) is 1.58. The molecule has 0 radical (unpaired) electrons. The third-order valence-electron chi connectivity index (χ3n) is 4.15. The Morgan fingerprint density at radius 2 is 1.85 bits per heavy atom. The molecule has 1 aromatic carbocycles. The highest BCUT2D eigenvalue weighted by atomic mass is 32.2. The maximum atomic E-state index is 12.7. The second-order valence-corrected chi connectivity index (χ2v) is 6.80. The largest absolute Gasteiger partial charge is 0.493 e. The van der Waals surface area contributed by atoms with Crippen molar-refractivity contribution in [2.45, 2.75) is 16.9 Å². The van der Waals surface area contributed by atoms with Gasteiger partial charge in [0.25, 0.3) is 5.22 Å². The number of hydrogen-bond acceptors (Lipinski definition) is 8. The number of nitrogens with zero attached hydrogens (tertiary/aromatic N) is 3. The van der Waals surface area contributed by atoms with Gasteiger partial charge in [-0.15, -0.1) is 10.2 Å². The number of aromatic nitrogens is 3. The van der Waals surface area contributed by atoms with Crippen molar-refractivity contribution < 1.29 is 18.7 Å². The summed E-state index contributed by atoms with van der Waals surface area (Å²) in [7, 11) is 3.13. The number of fused-ring (bicyclic) bond motifs is 1. The molecule has 1 aliphatic carbocycles. The predicted molar refractivity (Wildman–Crippen MR) is 94.8 cm³/mol. The van der Waals surface area contributed by atoms with Gasteiger partial charge >= 0.3 is 0 Å². The monoisotopic (exact) mass is 369 g/mol. The van der Waals surface area contributed by atoms with E-state index in [0.29, 0.717) is 34.6 Å². The molecule has 0 aliphatic heterocycles. The number of carbonyl (C=O) groups is 1.